The van der Waals surface area contributed by atoms with Crippen LogP contribution in [-0.2, 0) is 24.1 Å². The van der Waals surface area contributed by atoms with Gasteiger partial charge in [-0.25, -0.2) is 9.78 Å². The molecule has 0 unspecified atom stereocenters. The van der Waals surface area contributed by atoms with Crippen LogP contribution in [0.3, 0.4) is 0 Å². The molecule has 2 heterocycles. The molecule has 0 aromatic carbocycles. The first kappa shape index (κ1) is 14.3. The predicted molar refractivity (Wildman–Crippen MR) is 75.2 cm³/mol. The number of nitrogens with two attached hydrogens (primary N) is 1. The third kappa shape index (κ3) is 3.67. The van der Waals surface area contributed by atoms with Gasteiger partial charge in [-0.3, -0.25) is 0 Å². The Labute approximate surface area is 117 Å². The fraction of sp³-hybridized carbons (Fsp3) is 0.692. The van der Waals surface area contributed by atoms with Crippen molar-refractivity contribution in [2.24, 2.45) is 5.73 Å². The molecule has 106 valence electrons. The summed E-state index contributed by atoms with van der Waals surface area (Å²) in [6.45, 7) is 7.54. The van der Waals surface area contributed by atoms with Crippen LogP contribution in [0.25, 0.3) is 0 Å². The smallest absolute Gasteiger partial charge is 0.410 e. The molecule has 0 fully saturated rings. The highest BCUT2D eigenvalue weighted by molar-refractivity contribution is 7.11. The summed E-state index contributed by atoms with van der Waals surface area (Å²) in [6.07, 6.45) is 1.37. The van der Waals surface area contributed by atoms with Crippen LogP contribution in [0.2, 0.25) is 0 Å². The molecule has 0 saturated carbocycles. The Bertz CT molecular complexity index is 465. The quantitative estimate of drug-likeness (QED) is 0.900. The Kier molecular flexibility index (Phi) is 4.10. The molecular formula is C13H21N3O2S. The van der Waals surface area contributed by atoms with Crippen molar-refractivity contribution in [1.82, 2.24) is 9.88 Å². The van der Waals surface area contributed by atoms with Gasteiger partial charge in [0.15, 0.2) is 0 Å². The first-order valence-electron chi connectivity index (χ1n) is 6.54. The maximum absolute atomic E-state index is 12.0. The third-order valence-electron chi connectivity index (χ3n) is 2.79. The second kappa shape index (κ2) is 5.46. The van der Waals surface area contributed by atoms with Crippen molar-refractivity contribution < 1.29 is 9.53 Å². The summed E-state index contributed by atoms with van der Waals surface area (Å²) < 4.78 is 5.40. The Morgan fingerprint density at radius 3 is 2.89 bits per heavy atom. The summed E-state index contributed by atoms with van der Waals surface area (Å²) in [6, 6.07) is 0. The largest absolute Gasteiger partial charge is 0.444 e. The summed E-state index contributed by atoms with van der Waals surface area (Å²) in [5.41, 5.74) is 6.22. The van der Waals surface area contributed by atoms with Crippen molar-refractivity contribution >= 4 is 17.4 Å². The molecule has 1 aliphatic heterocycles. The number of fused-ring (bicyclic) bond motifs is 1. The van der Waals surface area contributed by atoms with E-state index in [1.165, 1.54) is 4.88 Å². The number of carbonyl (C=O) groups is 1. The number of carbonyl (C=O) groups excluding carboxylic acids is 1. The van der Waals surface area contributed by atoms with E-state index >= 15 is 0 Å². The second-order valence-corrected chi connectivity index (χ2v) is 6.84. The third-order valence-corrected chi connectivity index (χ3v) is 3.93. The number of thiazole rings is 1. The van der Waals surface area contributed by atoms with Crippen molar-refractivity contribution in [1.29, 1.82) is 0 Å². The molecule has 0 atom stereocenters. The highest BCUT2D eigenvalue weighted by Gasteiger charge is 2.27. The van der Waals surface area contributed by atoms with Crippen molar-refractivity contribution in [2.45, 2.75) is 45.8 Å². The number of hydrogen-bond donors (Lipinski definition) is 1. The molecule has 0 spiro atoms. The molecule has 0 radical (unpaired) electrons. The zero-order chi connectivity index (χ0) is 14.0. The molecule has 0 bridgehead atoms. The van der Waals surface area contributed by atoms with E-state index in [-0.39, 0.29) is 6.09 Å². The normalized spacial score (nSPS) is 15.3. The maximum atomic E-state index is 12.0. The average molecular weight is 283 g/mol. The van der Waals surface area contributed by atoms with Crippen LogP contribution in [0.5, 0.6) is 0 Å². The van der Waals surface area contributed by atoms with Gasteiger partial charge in [0.2, 0.25) is 0 Å². The van der Waals surface area contributed by atoms with E-state index in [1.807, 2.05) is 20.8 Å². The minimum atomic E-state index is -0.449. The second-order valence-electron chi connectivity index (χ2n) is 5.67. The Hall–Kier alpha value is -1.14. The molecule has 2 N–H and O–H groups in total. The van der Waals surface area contributed by atoms with Gasteiger partial charge in [0.25, 0.3) is 0 Å². The predicted octanol–water partition coefficient (Wildman–Crippen LogP) is 1.94. The van der Waals surface area contributed by atoms with Crippen LogP contribution in [0.4, 0.5) is 4.79 Å². The van der Waals surface area contributed by atoms with E-state index in [4.69, 9.17) is 10.5 Å². The van der Waals surface area contributed by atoms with Crippen LogP contribution in [-0.4, -0.2) is 34.7 Å². The topological polar surface area (TPSA) is 68.5 Å². The van der Waals surface area contributed by atoms with Crippen molar-refractivity contribution in [3.05, 3.63) is 15.6 Å². The summed E-state index contributed by atoms with van der Waals surface area (Å²) in [5.74, 6) is 0. The highest BCUT2D eigenvalue weighted by atomic mass is 32.1. The number of amides is 1. The standard InChI is InChI=1S/C13H21N3O2S/c1-13(2,3)18-12(17)16-7-5-9-10(8-16)19-11(15-9)4-6-14/h4-8,14H2,1-3H3. The average Bonchev–Trinajstić information content (AvgIpc) is 2.68. The van der Waals surface area contributed by atoms with Gasteiger partial charge in [0.05, 0.1) is 17.2 Å². The zero-order valence-electron chi connectivity index (χ0n) is 11.7. The van der Waals surface area contributed by atoms with Crippen LogP contribution >= 0.6 is 11.3 Å². The van der Waals surface area contributed by atoms with E-state index < -0.39 is 5.60 Å². The maximum Gasteiger partial charge on any atom is 0.410 e. The number of rotatable bonds is 2. The fourth-order valence-corrected chi connectivity index (χ4v) is 3.11. The summed E-state index contributed by atoms with van der Waals surface area (Å²) >= 11 is 1.66. The van der Waals surface area contributed by atoms with E-state index in [0.717, 1.165) is 23.5 Å². The molecule has 0 saturated heterocycles. The van der Waals surface area contributed by atoms with Gasteiger partial charge in [-0.05, 0) is 27.3 Å². The van der Waals surface area contributed by atoms with Gasteiger partial charge in [-0.2, -0.15) is 0 Å². The van der Waals surface area contributed by atoms with Crippen molar-refractivity contribution in [3.63, 3.8) is 0 Å². The van der Waals surface area contributed by atoms with Gasteiger partial charge in [0, 0.05) is 24.3 Å². The van der Waals surface area contributed by atoms with Gasteiger partial charge >= 0.3 is 6.09 Å². The molecule has 2 rings (SSSR count). The van der Waals surface area contributed by atoms with Crippen LogP contribution in [0, 0.1) is 0 Å². The van der Waals surface area contributed by atoms with Gasteiger partial charge in [-0.15, -0.1) is 11.3 Å². The van der Waals surface area contributed by atoms with E-state index in [0.29, 0.717) is 19.6 Å². The molecule has 1 aliphatic rings. The van der Waals surface area contributed by atoms with Crippen LogP contribution in [0.1, 0.15) is 36.3 Å². The molecule has 5 nitrogen and oxygen atoms in total. The lowest BCUT2D eigenvalue weighted by atomic mass is 10.2. The Balaban J connectivity index is 2.03. The highest BCUT2D eigenvalue weighted by Crippen LogP contribution is 2.26. The molecule has 6 heteroatoms. The lowest BCUT2D eigenvalue weighted by Gasteiger charge is -2.29. The Morgan fingerprint density at radius 1 is 1.53 bits per heavy atom. The zero-order valence-corrected chi connectivity index (χ0v) is 12.5. The monoisotopic (exact) mass is 283 g/mol. The number of aromatic nitrogens is 1. The van der Waals surface area contributed by atoms with Crippen molar-refractivity contribution in [3.8, 4) is 0 Å². The van der Waals surface area contributed by atoms with E-state index in [1.54, 1.807) is 16.2 Å². The Morgan fingerprint density at radius 2 is 2.26 bits per heavy atom. The molecule has 1 amide bonds. The van der Waals surface area contributed by atoms with Gasteiger partial charge < -0.3 is 15.4 Å². The minimum absolute atomic E-state index is 0.244. The van der Waals surface area contributed by atoms with Crippen molar-refractivity contribution in [2.75, 3.05) is 13.1 Å². The molecule has 1 aromatic heterocycles. The van der Waals surface area contributed by atoms with Crippen LogP contribution in [0.15, 0.2) is 0 Å². The first-order chi connectivity index (χ1) is 8.89. The summed E-state index contributed by atoms with van der Waals surface area (Å²) in [7, 11) is 0. The molecule has 1 aromatic rings. The number of nitrogens with zero attached hydrogens (tertiary/aromatic N) is 2. The molecular weight excluding hydrogens is 262 g/mol. The molecule has 0 aliphatic carbocycles. The fourth-order valence-electron chi connectivity index (χ4n) is 1.96. The van der Waals surface area contributed by atoms with Gasteiger partial charge in [-0.1, -0.05) is 0 Å². The minimum Gasteiger partial charge on any atom is -0.444 e. The lowest BCUT2D eigenvalue weighted by Crippen LogP contribution is -2.39. The summed E-state index contributed by atoms with van der Waals surface area (Å²) in [5, 5.41) is 1.07. The summed E-state index contributed by atoms with van der Waals surface area (Å²) in [4.78, 5) is 19.5. The first-order valence-corrected chi connectivity index (χ1v) is 7.36. The number of hydrogen-bond acceptors (Lipinski definition) is 5. The van der Waals surface area contributed by atoms with Gasteiger partial charge in [0.1, 0.15) is 5.60 Å². The molecule has 19 heavy (non-hydrogen) atoms. The SMILES string of the molecule is CC(C)(C)OC(=O)N1CCc2nc(CCN)sc2C1. The van der Waals surface area contributed by atoms with E-state index in [9.17, 15) is 4.79 Å². The lowest BCUT2D eigenvalue weighted by molar-refractivity contribution is 0.0225. The number of ether oxygens (including phenoxy) is 1. The van der Waals surface area contributed by atoms with Crippen LogP contribution < -0.4 is 5.73 Å². The van der Waals surface area contributed by atoms with E-state index in [2.05, 4.69) is 4.98 Å².